The van der Waals surface area contributed by atoms with Crippen LogP contribution in [0.15, 0.2) is 48.5 Å². The van der Waals surface area contributed by atoms with Gasteiger partial charge in [0, 0.05) is 25.2 Å². The Bertz CT molecular complexity index is 983. The van der Waals surface area contributed by atoms with E-state index in [2.05, 4.69) is 16.3 Å². The molecule has 2 amide bonds. The zero-order valence-electron chi connectivity index (χ0n) is 15.4. The van der Waals surface area contributed by atoms with Gasteiger partial charge in [0.2, 0.25) is 11.8 Å². The van der Waals surface area contributed by atoms with E-state index >= 15 is 0 Å². The van der Waals surface area contributed by atoms with Crippen LogP contribution in [-0.2, 0) is 11.3 Å². The average molecular weight is 395 g/mol. The highest BCUT2D eigenvalue weighted by Crippen LogP contribution is 2.31. The van der Waals surface area contributed by atoms with E-state index in [1.165, 1.54) is 4.70 Å². The molecule has 1 fully saturated rings. The molecule has 0 radical (unpaired) electrons. The summed E-state index contributed by atoms with van der Waals surface area (Å²) in [6.07, 6.45) is 1.83. The largest absolute Gasteiger partial charge is 0.366 e. The van der Waals surface area contributed by atoms with Gasteiger partial charge in [0.05, 0.1) is 16.1 Å². The number of primary amides is 1. The lowest BCUT2D eigenvalue weighted by Crippen LogP contribution is -2.42. The van der Waals surface area contributed by atoms with Crippen LogP contribution >= 0.6 is 11.3 Å². The van der Waals surface area contributed by atoms with Gasteiger partial charge in [-0.05, 0) is 42.7 Å². The number of nitrogens with zero attached hydrogens (tertiary/aromatic N) is 2. The molecule has 1 aliphatic heterocycles. The summed E-state index contributed by atoms with van der Waals surface area (Å²) in [5, 5.41) is 3.98. The summed E-state index contributed by atoms with van der Waals surface area (Å²) in [5.74, 6) is -0.498. The molecule has 144 valence electrons. The molecule has 7 heteroatoms. The molecule has 4 rings (SSSR count). The number of nitrogens with one attached hydrogen (secondary N) is 1. The van der Waals surface area contributed by atoms with Crippen LogP contribution in [0, 0.1) is 5.92 Å². The monoisotopic (exact) mass is 394 g/mol. The maximum absolute atomic E-state index is 12.7. The van der Waals surface area contributed by atoms with Crippen LogP contribution in [-0.4, -0.2) is 29.9 Å². The SMILES string of the molecule is NC(=O)c1cccc(CNC(=O)[C@@H]2CCCN(c3nc4ccccc4s3)C2)c1. The fourth-order valence-corrected chi connectivity index (χ4v) is 4.53. The molecule has 0 spiro atoms. The summed E-state index contributed by atoms with van der Waals surface area (Å²) in [4.78, 5) is 30.9. The topological polar surface area (TPSA) is 88.3 Å². The van der Waals surface area contributed by atoms with Crippen LogP contribution in [0.2, 0.25) is 0 Å². The lowest BCUT2D eigenvalue weighted by molar-refractivity contribution is -0.125. The molecule has 2 heterocycles. The van der Waals surface area contributed by atoms with Crippen LogP contribution in [0.1, 0.15) is 28.8 Å². The van der Waals surface area contributed by atoms with Gasteiger partial charge in [-0.1, -0.05) is 35.6 Å². The van der Waals surface area contributed by atoms with E-state index in [4.69, 9.17) is 10.7 Å². The quantitative estimate of drug-likeness (QED) is 0.696. The van der Waals surface area contributed by atoms with Gasteiger partial charge in [-0.3, -0.25) is 9.59 Å². The van der Waals surface area contributed by atoms with Crippen molar-refractivity contribution in [3.63, 3.8) is 0 Å². The van der Waals surface area contributed by atoms with Crippen molar-refractivity contribution in [1.29, 1.82) is 0 Å². The number of nitrogens with two attached hydrogens (primary N) is 1. The number of carbonyl (C=O) groups excluding carboxylic acids is 2. The third-order valence-electron chi connectivity index (χ3n) is 5.02. The summed E-state index contributed by atoms with van der Waals surface area (Å²) >= 11 is 1.67. The Kier molecular flexibility index (Phi) is 5.25. The zero-order chi connectivity index (χ0) is 19.5. The summed E-state index contributed by atoms with van der Waals surface area (Å²) in [6, 6.07) is 15.1. The first-order valence-electron chi connectivity index (χ1n) is 9.37. The minimum atomic E-state index is -0.466. The number of benzene rings is 2. The molecular weight excluding hydrogens is 372 g/mol. The molecular formula is C21H22N4O2S. The van der Waals surface area contributed by atoms with Crippen LogP contribution in [0.4, 0.5) is 5.13 Å². The Morgan fingerprint density at radius 1 is 1.21 bits per heavy atom. The molecule has 1 aromatic heterocycles. The number of hydrogen-bond acceptors (Lipinski definition) is 5. The summed E-state index contributed by atoms with van der Waals surface area (Å²) < 4.78 is 1.17. The van der Waals surface area contributed by atoms with E-state index in [1.54, 1.807) is 29.5 Å². The molecule has 1 saturated heterocycles. The van der Waals surface area contributed by atoms with Crippen LogP contribution in [0.3, 0.4) is 0 Å². The fourth-order valence-electron chi connectivity index (χ4n) is 3.53. The van der Waals surface area contributed by atoms with Crippen molar-refractivity contribution in [2.45, 2.75) is 19.4 Å². The molecule has 0 bridgehead atoms. The molecule has 3 aromatic rings. The zero-order valence-corrected chi connectivity index (χ0v) is 16.2. The van der Waals surface area contributed by atoms with Crippen LogP contribution in [0.5, 0.6) is 0 Å². The van der Waals surface area contributed by atoms with Crippen molar-refractivity contribution in [3.05, 3.63) is 59.7 Å². The first-order valence-corrected chi connectivity index (χ1v) is 10.2. The lowest BCUT2D eigenvalue weighted by Gasteiger charge is -2.31. The summed E-state index contributed by atoms with van der Waals surface area (Å²) in [7, 11) is 0. The van der Waals surface area contributed by atoms with Crippen molar-refractivity contribution in [2.75, 3.05) is 18.0 Å². The maximum atomic E-state index is 12.7. The van der Waals surface area contributed by atoms with Gasteiger partial charge in [0.15, 0.2) is 5.13 Å². The smallest absolute Gasteiger partial charge is 0.248 e. The molecule has 6 nitrogen and oxygen atoms in total. The van der Waals surface area contributed by atoms with Crippen molar-refractivity contribution >= 4 is 38.5 Å². The Morgan fingerprint density at radius 2 is 2.07 bits per heavy atom. The number of piperidine rings is 1. The normalized spacial score (nSPS) is 16.9. The van der Waals surface area contributed by atoms with Crippen molar-refractivity contribution in [2.24, 2.45) is 11.7 Å². The number of hydrogen-bond donors (Lipinski definition) is 2. The highest BCUT2D eigenvalue weighted by Gasteiger charge is 2.27. The molecule has 2 aromatic carbocycles. The maximum Gasteiger partial charge on any atom is 0.248 e. The fraction of sp³-hybridized carbons (Fsp3) is 0.286. The molecule has 0 aliphatic carbocycles. The molecule has 0 saturated carbocycles. The number of fused-ring (bicyclic) bond motifs is 1. The molecule has 0 unspecified atom stereocenters. The second-order valence-electron chi connectivity index (χ2n) is 7.03. The minimum Gasteiger partial charge on any atom is -0.366 e. The number of rotatable bonds is 5. The molecule has 28 heavy (non-hydrogen) atoms. The number of aromatic nitrogens is 1. The Balaban J connectivity index is 1.39. The third kappa shape index (κ3) is 3.99. The van der Waals surface area contributed by atoms with E-state index in [9.17, 15) is 9.59 Å². The number of para-hydroxylation sites is 1. The van der Waals surface area contributed by atoms with E-state index in [0.29, 0.717) is 18.7 Å². The molecule has 1 atom stereocenters. The van der Waals surface area contributed by atoms with Gasteiger partial charge in [0.25, 0.3) is 0 Å². The van der Waals surface area contributed by atoms with Gasteiger partial charge < -0.3 is 16.0 Å². The highest BCUT2D eigenvalue weighted by atomic mass is 32.1. The predicted molar refractivity (Wildman–Crippen MR) is 111 cm³/mol. The van der Waals surface area contributed by atoms with Gasteiger partial charge in [-0.2, -0.15) is 0 Å². The summed E-state index contributed by atoms with van der Waals surface area (Å²) in [6.45, 7) is 1.98. The van der Waals surface area contributed by atoms with Crippen LogP contribution in [0.25, 0.3) is 10.2 Å². The predicted octanol–water partition coefficient (Wildman–Crippen LogP) is 2.93. The van der Waals surface area contributed by atoms with Gasteiger partial charge >= 0.3 is 0 Å². The average Bonchev–Trinajstić information content (AvgIpc) is 3.16. The minimum absolute atomic E-state index is 0.0373. The van der Waals surface area contributed by atoms with Gasteiger partial charge in [-0.15, -0.1) is 0 Å². The second-order valence-corrected chi connectivity index (χ2v) is 8.04. The highest BCUT2D eigenvalue weighted by molar-refractivity contribution is 7.22. The number of amides is 2. The molecule has 3 N–H and O–H groups in total. The Morgan fingerprint density at radius 3 is 2.89 bits per heavy atom. The van der Waals surface area contributed by atoms with E-state index < -0.39 is 5.91 Å². The number of anilines is 1. The van der Waals surface area contributed by atoms with E-state index in [1.807, 2.05) is 24.3 Å². The standard InChI is InChI=1S/C21H22N4O2S/c22-19(26)15-6-3-5-14(11-15)12-23-20(27)16-7-4-10-25(13-16)21-24-17-8-1-2-9-18(17)28-21/h1-3,5-6,8-9,11,16H,4,7,10,12-13H2,(H2,22,26)(H,23,27)/t16-/m1/s1. The number of carbonyl (C=O) groups is 2. The van der Waals surface area contributed by atoms with Gasteiger partial charge in [0.1, 0.15) is 0 Å². The van der Waals surface area contributed by atoms with Crippen LogP contribution < -0.4 is 16.0 Å². The van der Waals surface area contributed by atoms with Gasteiger partial charge in [-0.25, -0.2) is 4.98 Å². The first kappa shape index (κ1) is 18.4. The molecule has 1 aliphatic rings. The Hall–Kier alpha value is -2.93. The van der Waals surface area contributed by atoms with Crippen molar-refractivity contribution in [3.8, 4) is 0 Å². The lowest BCUT2D eigenvalue weighted by atomic mass is 9.97. The van der Waals surface area contributed by atoms with E-state index in [-0.39, 0.29) is 11.8 Å². The third-order valence-corrected chi connectivity index (χ3v) is 6.12. The second kappa shape index (κ2) is 7.98. The Labute approximate surface area is 167 Å². The number of thiazole rings is 1. The van der Waals surface area contributed by atoms with E-state index in [0.717, 1.165) is 35.6 Å². The van der Waals surface area contributed by atoms with Crippen molar-refractivity contribution in [1.82, 2.24) is 10.3 Å². The first-order chi connectivity index (χ1) is 13.6. The summed E-state index contributed by atoms with van der Waals surface area (Å²) in [5.41, 5.74) is 7.64. The van der Waals surface area contributed by atoms with Crippen molar-refractivity contribution < 1.29 is 9.59 Å².